The maximum absolute atomic E-state index is 9.42. The van der Waals surface area contributed by atoms with Crippen molar-refractivity contribution in [2.24, 2.45) is 0 Å². The molecule has 1 nitrogen and oxygen atoms in total. The second kappa shape index (κ2) is 6.96. The molecule has 0 aromatic heterocycles. The smallest absolute Gasteiger partial charge is 0.0997 e. The number of hydrogen-bond acceptors (Lipinski definition) is 1. The average molecular weight is 316 g/mol. The van der Waals surface area contributed by atoms with Crippen molar-refractivity contribution in [3.63, 3.8) is 0 Å². The van der Waals surface area contributed by atoms with Crippen LogP contribution in [0.4, 0.5) is 0 Å². The summed E-state index contributed by atoms with van der Waals surface area (Å²) in [6.07, 6.45) is 5.67. The maximum atomic E-state index is 9.42. The predicted molar refractivity (Wildman–Crippen MR) is 98.0 cm³/mol. The van der Waals surface area contributed by atoms with Crippen LogP contribution in [0.2, 0.25) is 5.02 Å². The van der Waals surface area contributed by atoms with Crippen molar-refractivity contribution in [1.29, 1.82) is 5.26 Å². The normalized spacial score (nSPS) is 11.7. The molecule has 0 aliphatic carbocycles. The highest BCUT2D eigenvalue weighted by Gasteiger charge is 2.01. The van der Waals surface area contributed by atoms with Crippen LogP contribution in [0.5, 0.6) is 0 Å². The van der Waals surface area contributed by atoms with E-state index in [1.54, 1.807) is 0 Å². The Hall–Kier alpha value is -2.82. The van der Waals surface area contributed by atoms with Gasteiger partial charge in [0.2, 0.25) is 0 Å². The maximum Gasteiger partial charge on any atom is 0.0997 e. The lowest BCUT2D eigenvalue weighted by molar-refractivity contribution is 1.52. The summed E-state index contributed by atoms with van der Waals surface area (Å²) < 4.78 is 0. The molecular formula is C21H14ClN. The first-order chi connectivity index (χ1) is 11.3. The Kier molecular flexibility index (Phi) is 4.57. The Labute approximate surface area is 140 Å². The van der Waals surface area contributed by atoms with E-state index in [1.165, 1.54) is 5.39 Å². The number of hydrogen-bond donors (Lipinski definition) is 0. The molecule has 3 aromatic rings. The summed E-state index contributed by atoms with van der Waals surface area (Å²) in [7, 11) is 0. The molecule has 0 atom stereocenters. The molecule has 23 heavy (non-hydrogen) atoms. The molecule has 0 aliphatic rings. The molecule has 0 aliphatic heterocycles. The molecule has 0 saturated heterocycles. The van der Waals surface area contributed by atoms with Gasteiger partial charge in [0.05, 0.1) is 11.6 Å². The third kappa shape index (κ3) is 3.69. The van der Waals surface area contributed by atoms with Gasteiger partial charge < -0.3 is 0 Å². The quantitative estimate of drug-likeness (QED) is 0.422. The summed E-state index contributed by atoms with van der Waals surface area (Å²) in [4.78, 5) is 0. The van der Waals surface area contributed by atoms with Gasteiger partial charge in [-0.15, -0.1) is 0 Å². The summed E-state index contributed by atoms with van der Waals surface area (Å²) in [6, 6.07) is 24.0. The van der Waals surface area contributed by atoms with Crippen LogP contribution < -0.4 is 0 Å². The first kappa shape index (κ1) is 15.1. The van der Waals surface area contributed by atoms with Crippen LogP contribution in [-0.4, -0.2) is 0 Å². The van der Waals surface area contributed by atoms with Crippen molar-refractivity contribution in [2.75, 3.05) is 0 Å². The molecule has 0 amide bonds. The zero-order valence-electron chi connectivity index (χ0n) is 12.4. The molecule has 110 valence electrons. The third-order valence-corrected chi connectivity index (χ3v) is 3.85. The Balaban J connectivity index is 1.88. The SMILES string of the molecule is N#C/C(=C\C=C\c1ccc(Cl)cc1)c1ccc2ccccc2c1. The monoisotopic (exact) mass is 315 g/mol. The topological polar surface area (TPSA) is 23.8 Å². The number of fused-ring (bicyclic) bond motifs is 1. The first-order valence-electron chi connectivity index (χ1n) is 7.29. The third-order valence-electron chi connectivity index (χ3n) is 3.60. The minimum absolute atomic E-state index is 0.640. The largest absolute Gasteiger partial charge is 0.192 e. The van der Waals surface area contributed by atoms with Crippen molar-refractivity contribution in [2.45, 2.75) is 0 Å². The second-order valence-electron chi connectivity index (χ2n) is 5.16. The molecule has 0 saturated carbocycles. The van der Waals surface area contributed by atoms with E-state index in [1.807, 2.05) is 72.8 Å². The second-order valence-corrected chi connectivity index (χ2v) is 5.60. The van der Waals surface area contributed by atoms with Crippen LogP contribution >= 0.6 is 11.6 Å². The van der Waals surface area contributed by atoms with E-state index < -0.39 is 0 Å². The van der Waals surface area contributed by atoms with E-state index in [2.05, 4.69) is 18.2 Å². The molecule has 0 unspecified atom stereocenters. The molecule has 0 fully saturated rings. The van der Waals surface area contributed by atoms with Gasteiger partial charge in [0.25, 0.3) is 0 Å². The number of halogens is 1. The van der Waals surface area contributed by atoms with Gasteiger partial charge in [-0.3, -0.25) is 0 Å². The van der Waals surface area contributed by atoms with E-state index in [9.17, 15) is 5.26 Å². The molecule has 0 spiro atoms. The fraction of sp³-hybridized carbons (Fsp3) is 0. The fourth-order valence-electron chi connectivity index (χ4n) is 2.38. The highest BCUT2D eigenvalue weighted by molar-refractivity contribution is 6.30. The van der Waals surface area contributed by atoms with Gasteiger partial charge in [0, 0.05) is 5.02 Å². The summed E-state index contributed by atoms with van der Waals surface area (Å²) in [5.41, 5.74) is 2.61. The minimum Gasteiger partial charge on any atom is -0.192 e. The number of nitriles is 1. The van der Waals surface area contributed by atoms with Gasteiger partial charge in [0.15, 0.2) is 0 Å². The van der Waals surface area contributed by atoms with E-state index >= 15 is 0 Å². The molecular weight excluding hydrogens is 302 g/mol. The van der Waals surface area contributed by atoms with Crippen LogP contribution in [0, 0.1) is 11.3 Å². The number of rotatable bonds is 3. The zero-order chi connectivity index (χ0) is 16.1. The van der Waals surface area contributed by atoms with Crippen LogP contribution in [0.15, 0.2) is 78.9 Å². The zero-order valence-corrected chi connectivity index (χ0v) is 13.2. The summed E-state index contributed by atoms with van der Waals surface area (Å²) in [5, 5.41) is 12.4. The highest BCUT2D eigenvalue weighted by Crippen LogP contribution is 2.21. The standard InChI is InChI=1S/C21H14ClN/c22-21-12-8-16(9-13-21)4-3-7-20(15-23)19-11-10-17-5-1-2-6-18(17)14-19/h1-14H/b4-3+,20-7+. The average Bonchev–Trinajstić information content (AvgIpc) is 2.60. The number of allylic oxidation sites excluding steroid dienone is 3. The molecule has 3 aromatic carbocycles. The molecule has 0 heterocycles. The van der Waals surface area contributed by atoms with Gasteiger partial charge >= 0.3 is 0 Å². The molecule has 2 heteroatoms. The number of benzene rings is 3. The van der Waals surface area contributed by atoms with Crippen molar-refractivity contribution in [1.82, 2.24) is 0 Å². The van der Waals surface area contributed by atoms with Gasteiger partial charge in [0.1, 0.15) is 0 Å². The van der Waals surface area contributed by atoms with Crippen LogP contribution in [-0.2, 0) is 0 Å². The van der Waals surface area contributed by atoms with E-state index in [0.29, 0.717) is 10.6 Å². The molecule has 0 radical (unpaired) electrons. The van der Waals surface area contributed by atoms with Crippen molar-refractivity contribution in [3.8, 4) is 6.07 Å². The predicted octanol–water partition coefficient (Wildman–Crippen LogP) is 6.11. The van der Waals surface area contributed by atoms with Gasteiger partial charge in [-0.05, 0) is 46.2 Å². The molecule has 3 rings (SSSR count). The van der Waals surface area contributed by atoms with Crippen molar-refractivity contribution < 1.29 is 0 Å². The summed E-state index contributed by atoms with van der Waals surface area (Å²) >= 11 is 5.87. The van der Waals surface area contributed by atoms with Crippen molar-refractivity contribution in [3.05, 3.63) is 95.0 Å². The molecule has 0 N–H and O–H groups in total. The highest BCUT2D eigenvalue weighted by atomic mass is 35.5. The summed E-state index contributed by atoms with van der Waals surface area (Å²) in [6.45, 7) is 0. The Morgan fingerprint density at radius 1 is 0.913 bits per heavy atom. The lowest BCUT2D eigenvalue weighted by Crippen LogP contribution is -1.82. The van der Waals surface area contributed by atoms with E-state index in [0.717, 1.165) is 16.5 Å². The summed E-state index contributed by atoms with van der Waals surface area (Å²) in [5.74, 6) is 0. The van der Waals surface area contributed by atoms with Crippen LogP contribution in [0.1, 0.15) is 11.1 Å². The van der Waals surface area contributed by atoms with Gasteiger partial charge in [-0.25, -0.2) is 0 Å². The lowest BCUT2D eigenvalue weighted by atomic mass is 10.0. The number of nitrogens with zero attached hydrogens (tertiary/aromatic N) is 1. The van der Waals surface area contributed by atoms with E-state index in [-0.39, 0.29) is 0 Å². The Morgan fingerprint density at radius 3 is 2.39 bits per heavy atom. The van der Waals surface area contributed by atoms with E-state index in [4.69, 9.17) is 11.6 Å². The van der Waals surface area contributed by atoms with Crippen LogP contribution in [0.25, 0.3) is 22.4 Å². The Morgan fingerprint density at radius 2 is 1.65 bits per heavy atom. The van der Waals surface area contributed by atoms with Crippen LogP contribution in [0.3, 0.4) is 0 Å². The Bertz CT molecular complexity index is 928. The fourth-order valence-corrected chi connectivity index (χ4v) is 2.51. The lowest BCUT2D eigenvalue weighted by Gasteiger charge is -2.02. The van der Waals surface area contributed by atoms with Gasteiger partial charge in [-0.1, -0.05) is 72.3 Å². The van der Waals surface area contributed by atoms with Gasteiger partial charge in [-0.2, -0.15) is 5.26 Å². The molecule has 0 bridgehead atoms. The minimum atomic E-state index is 0.640. The first-order valence-corrected chi connectivity index (χ1v) is 7.67. The van der Waals surface area contributed by atoms with Crippen molar-refractivity contribution >= 4 is 34.0 Å².